The van der Waals surface area contributed by atoms with Crippen LogP contribution in [0, 0.1) is 20.8 Å². The third-order valence-corrected chi connectivity index (χ3v) is 2.75. The molecule has 0 atom stereocenters. The van der Waals surface area contributed by atoms with Gasteiger partial charge in [-0.1, -0.05) is 6.07 Å². The largest absolute Gasteiger partial charge is 0.507 e. The van der Waals surface area contributed by atoms with E-state index < -0.39 is 0 Å². The van der Waals surface area contributed by atoms with Gasteiger partial charge in [0.15, 0.2) is 0 Å². The molecule has 0 saturated heterocycles. The molecule has 0 bridgehead atoms. The van der Waals surface area contributed by atoms with E-state index in [0.29, 0.717) is 24.9 Å². The summed E-state index contributed by atoms with van der Waals surface area (Å²) in [4.78, 5) is 4.17. The molecule has 0 saturated carbocycles. The summed E-state index contributed by atoms with van der Waals surface area (Å²) in [6.45, 7) is 7.09. The molecule has 1 aliphatic rings. The third-order valence-electron chi connectivity index (χ3n) is 2.75. The SMILES string of the molecule is Cc1cc(C)c(NC2=NCCO2)c(C)c1O. The van der Waals surface area contributed by atoms with Gasteiger partial charge in [0.1, 0.15) is 12.4 Å². The minimum Gasteiger partial charge on any atom is -0.507 e. The van der Waals surface area contributed by atoms with Gasteiger partial charge in [0.2, 0.25) is 0 Å². The first-order valence-electron chi connectivity index (χ1n) is 5.33. The number of nitrogens with one attached hydrogen (secondary N) is 1. The van der Waals surface area contributed by atoms with Gasteiger partial charge in [-0.3, -0.25) is 0 Å². The van der Waals surface area contributed by atoms with Gasteiger partial charge in [-0.2, -0.15) is 0 Å². The zero-order valence-electron chi connectivity index (χ0n) is 9.79. The van der Waals surface area contributed by atoms with Crippen molar-refractivity contribution < 1.29 is 9.84 Å². The van der Waals surface area contributed by atoms with Gasteiger partial charge in [-0.15, -0.1) is 0 Å². The summed E-state index contributed by atoms with van der Waals surface area (Å²) in [6.07, 6.45) is 0. The highest BCUT2D eigenvalue weighted by molar-refractivity contribution is 5.92. The van der Waals surface area contributed by atoms with Gasteiger partial charge >= 0.3 is 0 Å². The number of hydrogen-bond donors (Lipinski definition) is 2. The maximum atomic E-state index is 9.86. The number of hydrogen-bond acceptors (Lipinski definition) is 4. The lowest BCUT2D eigenvalue weighted by Gasteiger charge is -2.15. The van der Waals surface area contributed by atoms with Crippen LogP contribution in [0.25, 0.3) is 0 Å². The molecule has 1 aliphatic heterocycles. The van der Waals surface area contributed by atoms with E-state index in [4.69, 9.17) is 4.74 Å². The molecule has 1 aromatic carbocycles. The fourth-order valence-corrected chi connectivity index (χ4v) is 1.89. The van der Waals surface area contributed by atoms with Crippen LogP contribution in [-0.4, -0.2) is 24.3 Å². The van der Waals surface area contributed by atoms with Crippen LogP contribution in [0.2, 0.25) is 0 Å². The van der Waals surface area contributed by atoms with Crippen LogP contribution in [0.3, 0.4) is 0 Å². The Bertz CT molecular complexity index is 453. The highest BCUT2D eigenvalue weighted by Gasteiger charge is 2.14. The lowest BCUT2D eigenvalue weighted by atomic mass is 10.0. The van der Waals surface area contributed by atoms with E-state index >= 15 is 0 Å². The van der Waals surface area contributed by atoms with E-state index in [2.05, 4.69) is 10.3 Å². The Morgan fingerprint density at radius 3 is 2.69 bits per heavy atom. The Balaban J connectivity index is 2.36. The summed E-state index contributed by atoms with van der Waals surface area (Å²) in [5, 5.41) is 13.0. The van der Waals surface area contributed by atoms with Crippen molar-refractivity contribution in [3.05, 3.63) is 22.8 Å². The maximum absolute atomic E-state index is 9.86. The summed E-state index contributed by atoms with van der Waals surface area (Å²) in [5.74, 6) is 0.326. The monoisotopic (exact) mass is 220 g/mol. The minimum absolute atomic E-state index is 0.326. The summed E-state index contributed by atoms with van der Waals surface area (Å²) < 4.78 is 5.29. The Labute approximate surface area is 95.0 Å². The van der Waals surface area contributed by atoms with E-state index in [1.165, 1.54) is 0 Å². The first-order chi connectivity index (χ1) is 7.59. The lowest BCUT2D eigenvalue weighted by Crippen LogP contribution is -2.14. The quantitative estimate of drug-likeness (QED) is 0.762. The minimum atomic E-state index is 0.326. The highest BCUT2D eigenvalue weighted by atomic mass is 16.5. The number of benzene rings is 1. The van der Waals surface area contributed by atoms with Gasteiger partial charge in [0.25, 0.3) is 6.02 Å². The number of aromatic hydroxyl groups is 1. The zero-order valence-corrected chi connectivity index (χ0v) is 9.79. The number of amidine groups is 1. The van der Waals surface area contributed by atoms with Gasteiger partial charge in [0.05, 0.1) is 12.2 Å². The molecule has 4 heteroatoms. The molecule has 1 heterocycles. The Morgan fingerprint density at radius 1 is 1.31 bits per heavy atom. The van der Waals surface area contributed by atoms with Crippen molar-refractivity contribution >= 4 is 11.7 Å². The second-order valence-electron chi connectivity index (χ2n) is 4.02. The fraction of sp³-hybridized carbons (Fsp3) is 0.417. The molecule has 86 valence electrons. The summed E-state index contributed by atoms with van der Waals surface area (Å²) in [7, 11) is 0. The van der Waals surface area contributed by atoms with Crippen LogP contribution in [0.15, 0.2) is 11.1 Å². The maximum Gasteiger partial charge on any atom is 0.289 e. The molecule has 0 unspecified atom stereocenters. The summed E-state index contributed by atoms with van der Waals surface area (Å²) in [6, 6.07) is 2.48. The predicted octanol–water partition coefficient (Wildman–Crippen LogP) is 2.12. The van der Waals surface area contributed by atoms with Gasteiger partial charge in [-0.25, -0.2) is 4.99 Å². The van der Waals surface area contributed by atoms with Crippen molar-refractivity contribution in [3.8, 4) is 5.75 Å². The second kappa shape index (κ2) is 4.04. The highest BCUT2D eigenvalue weighted by Crippen LogP contribution is 2.31. The van der Waals surface area contributed by atoms with Crippen molar-refractivity contribution in [2.24, 2.45) is 4.99 Å². The van der Waals surface area contributed by atoms with E-state index in [1.54, 1.807) is 0 Å². The van der Waals surface area contributed by atoms with Crippen LogP contribution < -0.4 is 5.32 Å². The average molecular weight is 220 g/mol. The van der Waals surface area contributed by atoms with Crippen LogP contribution in [0.5, 0.6) is 5.75 Å². The van der Waals surface area contributed by atoms with Crippen LogP contribution >= 0.6 is 0 Å². The van der Waals surface area contributed by atoms with E-state index in [-0.39, 0.29) is 0 Å². The number of aryl methyl sites for hydroxylation is 2. The van der Waals surface area contributed by atoms with Crippen LogP contribution in [0.1, 0.15) is 16.7 Å². The van der Waals surface area contributed by atoms with E-state index in [0.717, 1.165) is 22.4 Å². The topological polar surface area (TPSA) is 53.9 Å². The average Bonchev–Trinajstić information content (AvgIpc) is 2.74. The number of anilines is 1. The summed E-state index contributed by atoms with van der Waals surface area (Å²) >= 11 is 0. The fourth-order valence-electron chi connectivity index (χ4n) is 1.89. The molecule has 0 aliphatic carbocycles. The van der Waals surface area contributed by atoms with Crippen molar-refractivity contribution in [2.45, 2.75) is 20.8 Å². The molecule has 1 aromatic rings. The molecule has 0 amide bonds. The number of ether oxygens (including phenoxy) is 1. The normalized spacial score (nSPS) is 14.6. The molecule has 0 radical (unpaired) electrons. The Kier molecular flexibility index (Phi) is 2.73. The summed E-state index contributed by atoms with van der Waals surface area (Å²) in [5.41, 5.74) is 3.67. The first kappa shape index (κ1) is 10.8. The van der Waals surface area contributed by atoms with E-state index in [1.807, 2.05) is 26.8 Å². The molecule has 2 rings (SSSR count). The Hall–Kier alpha value is -1.71. The number of phenolic OH excluding ortho intramolecular Hbond substituents is 1. The predicted molar refractivity (Wildman–Crippen MR) is 64.2 cm³/mol. The molecule has 0 aromatic heterocycles. The first-order valence-corrected chi connectivity index (χ1v) is 5.33. The molecule has 4 nitrogen and oxygen atoms in total. The number of nitrogens with zero attached hydrogens (tertiary/aromatic N) is 1. The zero-order chi connectivity index (χ0) is 11.7. The molecule has 0 fully saturated rings. The van der Waals surface area contributed by atoms with Gasteiger partial charge < -0.3 is 15.2 Å². The lowest BCUT2D eigenvalue weighted by molar-refractivity contribution is 0.346. The smallest absolute Gasteiger partial charge is 0.289 e. The van der Waals surface area contributed by atoms with Crippen molar-refractivity contribution in [1.82, 2.24) is 0 Å². The van der Waals surface area contributed by atoms with Crippen LogP contribution in [0.4, 0.5) is 5.69 Å². The second-order valence-corrected chi connectivity index (χ2v) is 4.02. The standard InChI is InChI=1S/C12H16N2O2/c1-7-6-8(2)11(15)9(3)10(7)14-12-13-4-5-16-12/h6,15H,4-5H2,1-3H3,(H,13,14). The van der Waals surface area contributed by atoms with Gasteiger partial charge in [-0.05, 0) is 31.9 Å². The molecule has 0 spiro atoms. The number of aliphatic imine (C=N–C) groups is 1. The van der Waals surface area contributed by atoms with Crippen LogP contribution in [-0.2, 0) is 4.74 Å². The van der Waals surface area contributed by atoms with Crippen molar-refractivity contribution in [1.29, 1.82) is 0 Å². The number of phenols is 1. The van der Waals surface area contributed by atoms with Crippen molar-refractivity contribution in [2.75, 3.05) is 18.5 Å². The van der Waals surface area contributed by atoms with Crippen molar-refractivity contribution in [3.63, 3.8) is 0 Å². The molecular formula is C12H16N2O2. The molecule has 2 N–H and O–H groups in total. The van der Waals surface area contributed by atoms with E-state index in [9.17, 15) is 5.11 Å². The Morgan fingerprint density at radius 2 is 2.06 bits per heavy atom. The molecular weight excluding hydrogens is 204 g/mol. The van der Waals surface area contributed by atoms with Gasteiger partial charge in [0, 0.05) is 5.56 Å². The number of rotatable bonds is 1. The third kappa shape index (κ3) is 1.83. The molecule has 16 heavy (non-hydrogen) atoms.